The van der Waals surface area contributed by atoms with Crippen LogP contribution in [0.2, 0.25) is 5.02 Å². The molecule has 2 heterocycles. The minimum atomic E-state index is -0.428. The van der Waals surface area contributed by atoms with Gasteiger partial charge in [-0.1, -0.05) is 11.6 Å². The van der Waals surface area contributed by atoms with Gasteiger partial charge in [0.15, 0.2) is 11.6 Å². The first-order valence-corrected chi connectivity index (χ1v) is 10.2. The number of benzene rings is 1. The van der Waals surface area contributed by atoms with Crippen LogP contribution < -0.4 is 4.90 Å². The van der Waals surface area contributed by atoms with E-state index < -0.39 is 4.92 Å². The van der Waals surface area contributed by atoms with E-state index in [2.05, 4.69) is 9.88 Å². The van der Waals surface area contributed by atoms with Gasteiger partial charge in [-0.15, -0.1) is 0 Å². The topological polar surface area (TPSA) is 99.6 Å². The fraction of sp³-hybridized carbons (Fsp3) is 0.429. The molecule has 2 aromatic rings. The summed E-state index contributed by atoms with van der Waals surface area (Å²) >= 11 is 5.91. The number of hydrogen-bond acceptors (Lipinski definition) is 6. The second-order valence-electron chi connectivity index (χ2n) is 7.63. The summed E-state index contributed by atoms with van der Waals surface area (Å²) in [6.45, 7) is 9.22. The van der Waals surface area contributed by atoms with Gasteiger partial charge < -0.3 is 9.88 Å². The first-order chi connectivity index (χ1) is 14.1. The molecule has 1 fully saturated rings. The molecular formula is C21H25ClN4O4. The van der Waals surface area contributed by atoms with Crippen molar-refractivity contribution in [3.8, 4) is 0 Å². The quantitative estimate of drug-likeness (QED) is 0.423. The first kappa shape index (κ1) is 22.0. The Morgan fingerprint density at radius 1 is 1.20 bits per heavy atom. The van der Waals surface area contributed by atoms with Gasteiger partial charge in [-0.2, -0.15) is 0 Å². The molecule has 3 rings (SSSR count). The summed E-state index contributed by atoms with van der Waals surface area (Å²) in [6, 6.07) is 4.30. The van der Waals surface area contributed by atoms with E-state index in [0.717, 1.165) is 0 Å². The molecule has 0 amide bonds. The molecule has 1 aromatic heterocycles. The molecule has 8 nitrogen and oxygen atoms in total. The Balaban J connectivity index is 1.73. The van der Waals surface area contributed by atoms with Gasteiger partial charge in [0.2, 0.25) is 0 Å². The van der Waals surface area contributed by atoms with E-state index in [1.54, 1.807) is 26.0 Å². The van der Waals surface area contributed by atoms with E-state index in [9.17, 15) is 19.7 Å². The number of carbonyl (C=O) groups is 2. The van der Waals surface area contributed by atoms with Crippen LogP contribution in [0.3, 0.4) is 0 Å². The molecule has 1 aliphatic heterocycles. The van der Waals surface area contributed by atoms with Gasteiger partial charge in [0.1, 0.15) is 5.69 Å². The average molecular weight is 433 g/mol. The lowest BCUT2D eigenvalue weighted by molar-refractivity contribution is -0.384. The maximum atomic E-state index is 13.1. The lowest BCUT2D eigenvalue weighted by atomic mass is 10.0. The highest BCUT2D eigenvalue weighted by atomic mass is 35.5. The van der Waals surface area contributed by atoms with E-state index in [1.165, 1.54) is 13.0 Å². The van der Waals surface area contributed by atoms with E-state index in [-0.39, 0.29) is 23.3 Å². The average Bonchev–Trinajstić information content (AvgIpc) is 3.01. The second-order valence-corrected chi connectivity index (χ2v) is 8.07. The number of rotatable bonds is 6. The molecule has 160 valence electrons. The Labute approximate surface area is 180 Å². The number of aromatic amines is 1. The minimum absolute atomic E-state index is 0.0191. The number of anilines is 1. The highest BCUT2D eigenvalue weighted by Crippen LogP contribution is 2.32. The number of hydrogen-bond donors (Lipinski definition) is 1. The summed E-state index contributed by atoms with van der Waals surface area (Å²) in [5, 5.41) is 11.7. The van der Waals surface area contributed by atoms with Crippen LogP contribution in [-0.2, 0) is 0 Å². The zero-order chi connectivity index (χ0) is 22.2. The molecule has 0 radical (unpaired) electrons. The van der Waals surface area contributed by atoms with Crippen LogP contribution in [0.15, 0.2) is 18.2 Å². The highest BCUT2D eigenvalue weighted by Gasteiger charge is 2.31. The van der Waals surface area contributed by atoms with Gasteiger partial charge in [-0.05, 0) is 45.4 Å². The molecule has 1 N–H and O–H groups in total. The number of piperazine rings is 1. The molecule has 0 saturated carbocycles. The maximum Gasteiger partial charge on any atom is 0.294 e. The normalized spacial score (nSPS) is 15.8. The lowest BCUT2D eigenvalue weighted by Crippen LogP contribution is -2.52. The molecule has 0 spiro atoms. The zero-order valence-electron chi connectivity index (χ0n) is 17.5. The molecule has 1 aromatic carbocycles. The summed E-state index contributed by atoms with van der Waals surface area (Å²) in [7, 11) is 0. The fourth-order valence-corrected chi connectivity index (χ4v) is 4.33. The molecule has 1 unspecified atom stereocenters. The number of nitrogens with one attached hydrogen (secondary N) is 1. The number of nitro benzene ring substituents is 1. The van der Waals surface area contributed by atoms with E-state index >= 15 is 0 Å². The Morgan fingerprint density at radius 2 is 1.83 bits per heavy atom. The van der Waals surface area contributed by atoms with Crippen LogP contribution in [-0.4, -0.2) is 58.6 Å². The third kappa shape index (κ3) is 4.11. The van der Waals surface area contributed by atoms with Crippen LogP contribution in [0.5, 0.6) is 0 Å². The summed E-state index contributed by atoms with van der Waals surface area (Å²) in [6.07, 6.45) is 0. The van der Waals surface area contributed by atoms with Crippen molar-refractivity contribution in [3.05, 3.63) is 55.9 Å². The van der Waals surface area contributed by atoms with Crippen LogP contribution in [0.1, 0.15) is 46.0 Å². The van der Waals surface area contributed by atoms with E-state index in [0.29, 0.717) is 59.4 Å². The Kier molecular flexibility index (Phi) is 6.28. The van der Waals surface area contributed by atoms with Crippen molar-refractivity contribution in [3.63, 3.8) is 0 Å². The molecule has 1 atom stereocenters. The number of nitrogens with zero attached hydrogens (tertiary/aromatic N) is 3. The number of ketones is 2. The molecule has 0 bridgehead atoms. The molecule has 1 saturated heterocycles. The Hall–Kier alpha value is -2.71. The highest BCUT2D eigenvalue weighted by molar-refractivity contribution is 6.30. The van der Waals surface area contributed by atoms with E-state index in [4.69, 9.17) is 11.6 Å². The molecule has 30 heavy (non-hydrogen) atoms. The van der Waals surface area contributed by atoms with Crippen LogP contribution in [0, 0.1) is 24.0 Å². The number of halogens is 1. The number of aromatic nitrogens is 1. The summed E-state index contributed by atoms with van der Waals surface area (Å²) in [5.74, 6) is -0.125. The van der Waals surface area contributed by atoms with Crippen LogP contribution in [0.25, 0.3) is 0 Å². The third-order valence-corrected chi connectivity index (χ3v) is 5.99. The van der Waals surface area contributed by atoms with E-state index in [1.807, 2.05) is 11.8 Å². The standard InChI is InChI=1S/C21H25ClN4O4/c1-12-19(15(4)27)13(2)23-20(12)21(28)14(3)24-7-9-25(10-8-24)17-6-5-16(22)11-18(17)26(29)30/h5-6,11,14,23H,7-10H2,1-4H3. The Morgan fingerprint density at radius 3 is 2.37 bits per heavy atom. The largest absolute Gasteiger partial charge is 0.363 e. The van der Waals surface area contributed by atoms with Crippen molar-refractivity contribution in [2.45, 2.75) is 33.7 Å². The van der Waals surface area contributed by atoms with Gasteiger partial charge in [0, 0.05) is 48.5 Å². The predicted molar refractivity (Wildman–Crippen MR) is 116 cm³/mol. The van der Waals surface area contributed by atoms with Gasteiger partial charge in [-0.25, -0.2) is 0 Å². The summed E-state index contributed by atoms with van der Waals surface area (Å²) in [5.41, 5.74) is 2.95. The van der Waals surface area contributed by atoms with Crippen molar-refractivity contribution in [1.82, 2.24) is 9.88 Å². The van der Waals surface area contributed by atoms with Crippen LogP contribution in [0.4, 0.5) is 11.4 Å². The van der Waals surface area contributed by atoms with Crippen molar-refractivity contribution >= 4 is 34.5 Å². The number of Topliss-reactive ketones (excluding diaryl/α,β-unsaturated/α-hetero) is 2. The Bertz CT molecular complexity index is 1010. The molecule has 0 aliphatic carbocycles. The number of aryl methyl sites for hydroxylation is 1. The third-order valence-electron chi connectivity index (χ3n) is 5.75. The number of nitro groups is 1. The summed E-state index contributed by atoms with van der Waals surface area (Å²) in [4.78, 5) is 43.0. The van der Waals surface area contributed by atoms with Gasteiger partial charge in [-0.3, -0.25) is 24.6 Å². The lowest BCUT2D eigenvalue weighted by Gasteiger charge is -2.38. The molecule has 1 aliphatic rings. The van der Waals surface area contributed by atoms with Crippen LogP contribution >= 0.6 is 11.6 Å². The maximum absolute atomic E-state index is 13.1. The minimum Gasteiger partial charge on any atom is -0.363 e. The van der Waals surface area contributed by atoms with Gasteiger partial charge >= 0.3 is 0 Å². The zero-order valence-corrected chi connectivity index (χ0v) is 18.2. The molecule has 9 heteroatoms. The smallest absolute Gasteiger partial charge is 0.294 e. The van der Waals surface area contributed by atoms with Crippen molar-refractivity contribution in [2.24, 2.45) is 0 Å². The van der Waals surface area contributed by atoms with Gasteiger partial charge in [0.25, 0.3) is 5.69 Å². The monoisotopic (exact) mass is 432 g/mol. The second kappa shape index (κ2) is 8.57. The predicted octanol–water partition coefficient (Wildman–Crippen LogP) is 3.79. The number of H-pyrrole nitrogens is 1. The fourth-order valence-electron chi connectivity index (χ4n) is 4.16. The summed E-state index contributed by atoms with van der Waals surface area (Å²) < 4.78 is 0. The van der Waals surface area contributed by atoms with Crippen molar-refractivity contribution in [1.29, 1.82) is 0 Å². The molecular weight excluding hydrogens is 408 g/mol. The SMILES string of the molecule is CC(=O)c1c(C)[nH]c(C(=O)C(C)N2CCN(c3ccc(Cl)cc3[N+](=O)[O-])CC2)c1C. The van der Waals surface area contributed by atoms with Gasteiger partial charge in [0.05, 0.1) is 16.7 Å². The van der Waals surface area contributed by atoms with Crippen molar-refractivity contribution in [2.75, 3.05) is 31.1 Å². The number of carbonyl (C=O) groups excluding carboxylic acids is 2. The van der Waals surface area contributed by atoms with Crippen molar-refractivity contribution < 1.29 is 14.5 Å². The first-order valence-electron chi connectivity index (χ1n) is 9.79.